The zero-order chi connectivity index (χ0) is 23.4. The van der Waals surface area contributed by atoms with E-state index in [-0.39, 0.29) is 24.8 Å². The number of benzene rings is 2. The van der Waals surface area contributed by atoms with E-state index in [0.717, 1.165) is 5.56 Å². The van der Waals surface area contributed by atoms with Gasteiger partial charge in [0.25, 0.3) is 0 Å². The van der Waals surface area contributed by atoms with Crippen molar-refractivity contribution in [3.05, 3.63) is 77.8 Å². The number of nitrogens with zero attached hydrogens (tertiary/aromatic N) is 3. The summed E-state index contributed by atoms with van der Waals surface area (Å²) in [5, 5.41) is 4.18. The van der Waals surface area contributed by atoms with Crippen molar-refractivity contribution in [2.45, 2.75) is 25.7 Å². The van der Waals surface area contributed by atoms with Crippen LogP contribution in [0.5, 0.6) is 0 Å². The predicted molar refractivity (Wildman–Crippen MR) is 123 cm³/mol. The fourth-order valence-corrected chi connectivity index (χ4v) is 4.60. The molecule has 1 aliphatic heterocycles. The summed E-state index contributed by atoms with van der Waals surface area (Å²) in [5.74, 6) is -0.0251. The number of likely N-dealkylation sites (tertiary alicyclic amines) is 1. The van der Waals surface area contributed by atoms with Gasteiger partial charge in [0.2, 0.25) is 11.8 Å². The summed E-state index contributed by atoms with van der Waals surface area (Å²) in [6, 6.07) is 17.9. The van der Waals surface area contributed by atoms with Gasteiger partial charge in [-0.05, 0) is 24.5 Å². The number of aromatic nitrogens is 1. The van der Waals surface area contributed by atoms with E-state index < -0.39 is 11.2 Å². The van der Waals surface area contributed by atoms with Gasteiger partial charge in [-0.2, -0.15) is 0 Å². The average Bonchev–Trinajstić information content (AvgIpc) is 3.29. The molecule has 33 heavy (non-hydrogen) atoms. The van der Waals surface area contributed by atoms with Gasteiger partial charge in [0, 0.05) is 45.2 Å². The molecule has 0 N–H and O–H groups in total. The van der Waals surface area contributed by atoms with Crippen LogP contribution in [-0.2, 0) is 22.4 Å². The lowest BCUT2D eigenvalue weighted by Crippen LogP contribution is -2.54. The number of piperidine rings is 1. The Bertz CT molecular complexity index is 1130. The molecule has 2 heterocycles. The third-order valence-electron chi connectivity index (χ3n) is 6.23. The van der Waals surface area contributed by atoms with Gasteiger partial charge >= 0.3 is 0 Å². The largest absolute Gasteiger partial charge is 0.361 e. The molecule has 0 unspecified atom stereocenters. The number of hydrogen-bond donors (Lipinski definition) is 0. The van der Waals surface area contributed by atoms with Gasteiger partial charge in [0.15, 0.2) is 0 Å². The second kappa shape index (κ2) is 9.57. The lowest BCUT2D eigenvalue weighted by atomic mass is 9.75. The molecule has 3 aromatic rings. The van der Waals surface area contributed by atoms with Gasteiger partial charge in [-0.25, -0.2) is 4.39 Å². The molecule has 7 heteroatoms. The molecule has 0 bridgehead atoms. The number of amides is 2. The van der Waals surface area contributed by atoms with Gasteiger partial charge in [0.1, 0.15) is 17.3 Å². The highest BCUT2D eigenvalue weighted by molar-refractivity contribution is 5.85. The van der Waals surface area contributed by atoms with E-state index in [4.69, 9.17) is 4.52 Å². The monoisotopic (exact) mass is 449 g/mol. The predicted octanol–water partition coefficient (Wildman–Crippen LogP) is 3.96. The van der Waals surface area contributed by atoms with E-state index in [0.29, 0.717) is 42.8 Å². The lowest BCUT2D eigenvalue weighted by Gasteiger charge is -2.42. The molecular formula is C26H28FN3O3. The number of hydrogen-bond acceptors (Lipinski definition) is 4. The highest BCUT2D eigenvalue weighted by Crippen LogP contribution is 2.36. The van der Waals surface area contributed by atoms with Gasteiger partial charge in [-0.1, -0.05) is 53.7 Å². The lowest BCUT2D eigenvalue weighted by molar-refractivity contribution is -0.147. The molecule has 0 saturated carbocycles. The summed E-state index contributed by atoms with van der Waals surface area (Å²) in [5.41, 5.74) is 1.19. The van der Waals surface area contributed by atoms with Crippen LogP contribution in [0.25, 0.3) is 11.3 Å². The summed E-state index contributed by atoms with van der Waals surface area (Å²) in [6.07, 6.45) is 1.63. The third-order valence-corrected chi connectivity index (χ3v) is 6.23. The van der Waals surface area contributed by atoms with E-state index in [9.17, 15) is 14.0 Å². The second-order valence-corrected chi connectivity index (χ2v) is 8.89. The van der Waals surface area contributed by atoms with Gasteiger partial charge in [-0.3, -0.25) is 9.59 Å². The summed E-state index contributed by atoms with van der Waals surface area (Å²) in [7, 11) is 3.44. The topological polar surface area (TPSA) is 66.7 Å². The smallest absolute Gasteiger partial charge is 0.230 e. The van der Waals surface area contributed by atoms with Crippen LogP contribution in [0.4, 0.5) is 4.39 Å². The molecule has 1 saturated heterocycles. The first-order valence-electron chi connectivity index (χ1n) is 11.1. The molecule has 1 aromatic heterocycles. The van der Waals surface area contributed by atoms with Crippen molar-refractivity contribution in [2.75, 3.05) is 27.2 Å². The zero-order valence-corrected chi connectivity index (χ0v) is 19.0. The summed E-state index contributed by atoms with van der Waals surface area (Å²) >= 11 is 0. The minimum atomic E-state index is -0.819. The standard InChI is InChI=1S/C26H28FN3O3/c1-29(2)25(32)26(17-21-16-23(28-33-21)19-9-4-3-5-10-19)13-8-14-30(18-26)24(31)15-20-11-6-7-12-22(20)27/h3-7,9-12,16H,8,13-15,17-18H2,1-2H3/t26-/m0/s1. The quantitative estimate of drug-likeness (QED) is 0.571. The van der Waals surface area contributed by atoms with Crippen molar-refractivity contribution < 1.29 is 18.5 Å². The number of rotatable bonds is 6. The van der Waals surface area contributed by atoms with Crippen LogP contribution in [0, 0.1) is 11.2 Å². The molecule has 0 aliphatic carbocycles. The minimum absolute atomic E-state index is 0.0284. The molecule has 6 nitrogen and oxygen atoms in total. The Morgan fingerprint density at radius 3 is 2.58 bits per heavy atom. The molecule has 2 amide bonds. The molecule has 2 aromatic carbocycles. The summed E-state index contributed by atoms with van der Waals surface area (Å²) in [6.45, 7) is 0.806. The molecule has 0 spiro atoms. The van der Waals surface area contributed by atoms with Crippen LogP contribution < -0.4 is 0 Å². The van der Waals surface area contributed by atoms with Crippen LogP contribution in [0.1, 0.15) is 24.2 Å². The molecule has 1 atom stereocenters. The fraction of sp³-hybridized carbons (Fsp3) is 0.346. The van der Waals surface area contributed by atoms with Crippen LogP contribution in [0.15, 0.2) is 65.2 Å². The highest BCUT2D eigenvalue weighted by atomic mass is 19.1. The fourth-order valence-electron chi connectivity index (χ4n) is 4.60. The molecule has 172 valence electrons. The SMILES string of the molecule is CN(C)C(=O)[C@]1(Cc2cc(-c3ccccc3)no2)CCCN(C(=O)Cc2ccccc2F)C1. The summed E-state index contributed by atoms with van der Waals surface area (Å²) in [4.78, 5) is 29.6. The van der Waals surface area contributed by atoms with E-state index in [1.165, 1.54) is 6.07 Å². The molecule has 4 rings (SSSR count). The Kier molecular flexibility index (Phi) is 6.58. The Balaban J connectivity index is 1.56. The minimum Gasteiger partial charge on any atom is -0.361 e. The van der Waals surface area contributed by atoms with Crippen LogP contribution in [0.3, 0.4) is 0 Å². The molecular weight excluding hydrogens is 421 g/mol. The van der Waals surface area contributed by atoms with Gasteiger partial charge in [-0.15, -0.1) is 0 Å². The van der Waals surface area contributed by atoms with Crippen molar-refractivity contribution in [2.24, 2.45) is 5.41 Å². The number of carbonyl (C=O) groups excluding carboxylic acids is 2. The van der Waals surface area contributed by atoms with Gasteiger partial charge < -0.3 is 14.3 Å². The summed E-state index contributed by atoms with van der Waals surface area (Å²) < 4.78 is 19.7. The van der Waals surface area contributed by atoms with E-state index in [2.05, 4.69) is 5.16 Å². The normalized spacial score (nSPS) is 18.2. The Labute approximate surface area is 193 Å². The van der Waals surface area contributed by atoms with Crippen molar-refractivity contribution >= 4 is 11.8 Å². The highest BCUT2D eigenvalue weighted by Gasteiger charge is 2.45. The van der Waals surface area contributed by atoms with Crippen LogP contribution >= 0.6 is 0 Å². The Morgan fingerprint density at radius 1 is 1.12 bits per heavy atom. The average molecular weight is 450 g/mol. The van der Waals surface area contributed by atoms with E-state index in [1.807, 2.05) is 36.4 Å². The second-order valence-electron chi connectivity index (χ2n) is 8.89. The van der Waals surface area contributed by atoms with Gasteiger partial charge in [0.05, 0.1) is 11.8 Å². The van der Waals surface area contributed by atoms with Crippen molar-refractivity contribution in [3.8, 4) is 11.3 Å². The van der Waals surface area contributed by atoms with E-state index >= 15 is 0 Å². The maximum atomic E-state index is 14.1. The first kappa shape index (κ1) is 22.7. The zero-order valence-electron chi connectivity index (χ0n) is 19.0. The molecule has 0 radical (unpaired) electrons. The number of carbonyl (C=O) groups is 2. The maximum absolute atomic E-state index is 14.1. The van der Waals surface area contributed by atoms with Crippen molar-refractivity contribution in [3.63, 3.8) is 0 Å². The Hall–Kier alpha value is -3.48. The van der Waals surface area contributed by atoms with Crippen molar-refractivity contribution in [1.82, 2.24) is 15.0 Å². The first-order chi connectivity index (χ1) is 15.9. The molecule has 1 aliphatic rings. The molecule has 1 fully saturated rings. The number of halogens is 1. The van der Waals surface area contributed by atoms with Crippen molar-refractivity contribution in [1.29, 1.82) is 0 Å². The maximum Gasteiger partial charge on any atom is 0.230 e. The third kappa shape index (κ3) is 4.97. The Morgan fingerprint density at radius 2 is 1.85 bits per heavy atom. The van der Waals surface area contributed by atoms with Crippen LogP contribution in [-0.4, -0.2) is 54.0 Å². The first-order valence-corrected chi connectivity index (χ1v) is 11.1. The van der Waals surface area contributed by atoms with Crippen LogP contribution in [0.2, 0.25) is 0 Å². The van der Waals surface area contributed by atoms with E-state index in [1.54, 1.807) is 42.1 Å².